The van der Waals surface area contributed by atoms with Crippen molar-refractivity contribution in [1.29, 1.82) is 0 Å². The third-order valence-electron chi connectivity index (χ3n) is 6.84. The number of imide groups is 1. The Bertz CT molecular complexity index is 831. The molecule has 2 fully saturated rings. The highest BCUT2D eigenvalue weighted by Crippen LogP contribution is 2.36. The van der Waals surface area contributed by atoms with Crippen LogP contribution in [0.5, 0.6) is 0 Å². The normalized spacial score (nSPS) is 23.3. The molecule has 2 aliphatic rings. The van der Waals surface area contributed by atoms with Crippen LogP contribution in [0.1, 0.15) is 38.7 Å². The number of hydrogen-bond donors (Lipinski definition) is 1. The molecule has 1 aromatic carbocycles. The molecule has 1 aromatic rings. The van der Waals surface area contributed by atoms with Gasteiger partial charge in [-0.05, 0) is 90.5 Å². The molecule has 7 heteroatoms. The Kier molecular flexibility index (Phi) is 8.06. The third kappa shape index (κ3) is 5.56. The summed E-state index contributed by atoms with van der Waals surface area (Å²) in [5.41, 5.74) is 1.23. The zero-order chi connectivity index (χ0) is 23.3. The predicted molar refractivity (Wildman–Crippen MR) is 125 cm³/mol. The lowest BCUT2D eigenvalue weighted by molar-refractivity contribution is -0.134. The van der Waals surface area contributed by atoms with Gasteiger partial charge >= 0.3 is 6.03 Å². The summed E-state index contributed by atoms with van der Waals surface area (Å²) in [6, 6.07) is 5.97. The first-order chi connectivity index (χ1) is 15.2. The molecule has 3 rings (SSSR count). The summed E-state index contributed by atoms with van der Waals surface area (Å²) in [6.07, 6.45) is 4.94. The number of nitrogens with zero attached hydrogens (tertiary/aromatic N) is 3. The van der Waals surface area contributed by atoms with Crippen LogP contribution in [0.2, 0.25) is 0 Å². The fourth-order valence-corrected chi connectivity index (χ4v) is 4.89. The van der Waals surface area contributed by atoms with Crippen molar-refractivity contribution in [2.45, 2.75) is 45.1 Å². The van der Waals surface area contributed by atoms with Crippen molar-refractivity contribution >= 4 is 11.9 Å². The molecule has 1 N–H and O–H groups in total. The molecule has 0 aliphatic carbocycles. The van der Waals surface area contributed by atoms with Crippen molar-refractivity contribution in [2.75, 3.05) is 46.8 Å². The number of halogens is 1. The van der Waals surface area contributed by atoms with E-state index in [-0.39, 0.29) is 23.7 Å². The van der Waals surface area contributed by atoms with Gasteiger partial charge in [-0.2, -0.15) is 0 Å². The summed E-state index contributed by atoms with van der Waals surface area (Å²) in [5.74, 6) is -0.388. The molecule has 0 spiro atoms. The Balaban J connectivity index is 1.80. The van der Waals surface area contributed by atoms with Crippen LogP contribution in [0.15, 0.2) is 35.9 Å². The standard InChI is InChI=1S/C25H37FN4O2/c1-5-19(2)18-29-15-11-21(12-16-29)25(17-20-7-9-22(26)10-8-20)23(31)30(24(32)27-25)14-6-13-28(3)4/h5,7-10,21H,6,11-18H2,1-4H3,(H,27,32)/b19-5+/t25-/m1/s1. The zero-order valence-corrected chi connectivity index (χ0v) is 19.9. The lowest BCUT2D eigenvalue weighted by atomic mass is 9.74. The highest BCUT2D eigenvalue weighted by Gasteiger charge is 2.55. The predicted octanol–water partition coefficient (Wildman–Crippen LogP) is 3.29. The van der Waals surface area contributed by atoms with E-state index in [4.69, 9.17) is 0 Å². The molecule has 0 saturated carbocycles. The molecule has 0 radical (unpaired) electrons. The SMILES string of the molecule is C/C=C(\C)CN1CCC([C@@]2(Cc3ccc(F)cc3)NC(=O)N(CCCN(C)C)C2=O)CC1. The molecule has 2 saturated heterocycles. The van der Waals surface area contributed by atoms with Crippen LogP contribution in [-0.2, 0) is 11.2 Å². The first kappa shape index (κ1) is 24.4. The maximum absolute atomic E-state index is 13.7. The molecular formula is C25H37FN4O2. The van der Waals surface area contributed by atoms with Crippen LogP contribution in [-0.4, -0.2) is 79.0 Å². The van der Waals surface area contributed by atoms with Crippen LogP contribution in [0.4, 0.5) is 9.18 Å². The fraction of sp³-hybridized carbons (Fsp3) is 0.600. The number of likely N-dealkylation sites (tertiary alicyclic amines) is 1. The maximum Gasteiger partial charge on any atom is 0.325 e. The molecule has 32 heavy (non-hydrogen) atoms. The van der Waals surface area contributed by atoms with Crippen molar-refractivity contribution in [3.05, 3.63) is 47.3 Å². The molecule has 0 unspecified atom stereocenters. The highest BCUT2D eigenvalue weighted by atomic mass is 19.1. The van der Waals surface area contributed by atoms with Crippen LogP contribution < -0.4 is 5.32 Å². The van der Waals surface area contributed by atoms with Gasteiger partial charge in [0.05, 0.1) is 0 Å². The number of nitrogens with one attached hydrogen (secondary N) is 1. The van der Waals surface area contributed by atoms with Gasteiger partial charge in [0, 0.05) is 19.5 Å². The lowest BCUT2D eigenvalue weighted by Gasteiger charge is -2.41. The maximum atomic E-state index is 13.7. The molecule has 2 aliphatic heterocycles. The minimum absolute atomic E-state index is 0.0463. The summed E-state index contributed by atoms with van der Waals surface area (Å²) in [4.78, 5) is 32.5. The van der Waals surface area contributed by atoms with Gasteiger partial charge in [-0.15, -0.1) is 0 Å². The molecule has 0 aromatic heterocycles. The monoisotopic (exact) mass is 444 g/mol. The van der Waals surface area contributed by atoms with Crippen LogP contribution >= 0.6 is 0 Å². The van der Waals surface area contributed by atoms with E-state index in [0.29, 0.717) is 13.0 Å². The second-order valence-electron chi connectivity index (χ2n) is 9.50. The lowest BCUT2D eigenvalue weighted by Crippen LogP contribution is -2.57. The van der Waals surface area contributed by atoms with E-state index in [9.17, 15) is 14.0 Å². The topological polar surface area (TPSA) is 55.9 Å². The fourth-order valence-electron chi connectivity index (χ4n) is 4.89. The third-order valence-corrected chi connectivity index (χ3v) is 6.84. The first-order valence-electron chi connectivity index (χ1n) is 11.6. The van der Waals surface area contributed by atoms with Gasteiger partial charge in [-0.3, -0.25) is 14.6 Å². The number of hydrogen-bond acceptors (Lipinski definition) is 4. The molecule has 2 heterocycles. The van der Waals surface area contributed by atoms with E-state index in [2.05, 4.69) is 30.1 Å². The summed E-state index contributed by atoms with van der Waals surface area (Å²) in [6.45, 7) is 8.13. The van der Waals surface area contributed by atoms with Crippen molar-refractivity contribution in [2.24, 2.45) is 5.92 Å². The molecule has 176 valence electrons. The molecule has 0 bridgehead atoms. The zero-order valence-electron chi connectivity index (χ0n) is 19.9. The highest BCUT2D eigenvalue weighted by molar-refractivity contribution is 6.07. The van der Waals surface area contributed by atoms with E-state index >= 15 is 0 Å². The molecular weight excluding hydrogens is 407 g/mol. The van der Waals surface area contributed by atoms with Crippen molar-refractivity contribution in [3.63, 3.8) is 0 Å². The van der Waals surface area contributed by atoms with Gasteiger partial charge in [-0.25, -0.2) is 9.18 Å². The smallest absolute Gasteiger partial charge is 0.322 e. The van der Waals surface area contributed by atoms with Crippen LogP contribution in [0.25, 0.3) is 0 Å². The minimum atomic E-state index is -0.964. The summed E-state index contributed by atoms with van der Waals surface area (Å²) < 4.78 is 13.5. The van der Waals surface area contributed by atoms with E-state index in [1.54, 1.807) is 12.1 Å². The van der Waals surface area contributed by atoms with E-state index in [0.717, 1.165) is 51.0 Å². The van der Waals surface area contributed by atoms with Crippen molar-refractivity contribution < 1.29 is 14.0 Å². The second-order valence-corrected chi connectivity index (χ2v) is 9.50. The van der Waals surface area contributed by atoms with Gasteiger partial charge in [0.25, 0.3) is 5.91 Å². The number of amides is 3. The van der Waals surface area contributed by atoms with Crippen molar-refractivity contribution in [3.8, 4) is 0 Å². The van der Waals surface area contributed by atoms with Gasteiger partial charge in [0.1, 0.15) is 11.4 Å². The summed E-state index contributed by atoms with van der Waals surface area (Å²) in [7, 11) is 3.96. The van der Waals surface area contributed by atoms with Gasteiger partial charge in [0.15, 0.2) is 0 Å². The Morgan fingerprint density at radius 2 is 1.88 bits per heavy atom. The minimum Gasteiger partial charge on any atom is -0.322 e. The quantitative estimate of drug-likeness (QED) is 0.469. The first-order valence-corrected chi connectivity index (χ1v) is 11.6. The molecule has 1 atom stereocenters. The Morgan fingerprint density at radius 3 is 2.47 bits per heavy atom. The molecule has 6 nitrogen and oxygen atoms in total. The Hall–Kier alpha value is -2.25. The largest absolute Gasteiger partial charge is 0.325 e. The van der Waals surface area contributed by atoms with Gasteiger partial charge in [-0.1, -0.05) is 23.8 Å². The molecule has 3 amide bonds. The van der Waals surface area contributed by atoms with Crippen LogP contribution in [0, 0.1) is 11.7 Å². The van der Waals surface area contributed by atoms with Crippen molar-refractivity contribution in [1.82, 2.24) is 20.0 Å². The number of carbonyl (C=O) groups is 2. The van der Waals surface area contributed by atoms with E-state index in [1.807, 2.05) is 19.0 Å². The number of benzene rings is 1. The van der Waals surface area contributed by atoms with Gasteiger partial charge in [0.2, 0.25) is 0 Å². The van der Waals surface area contributed by atoms with Gasteiger partial charge < -0.3 is 10.2 Å². The average molecular weight is 445 g/mol. The number of urea groups is 1. The average Bonchev–Trinajstić information content (AvgIpc) is 3.00. The second kappa shape index (κ2) is 10.6. The van der Waals surface area contributed by atoms with E-state index < -0.39 is 5.54 Å². The van der Waals surface area contributed by atoms with Crippen LogP contribution in [0.3, 0.4) is 0 Å². The summed E-state index contributed by atoms with van der Waals surface area (Å²) in [5, 5.41) is 3.11. The summed E-state index contributed by atoms with van der Waals surface area (Å²) >= 11 is 0. The number of allylic oxidation sites excluding steroid dienone is 1. The Labute approximate surface area is 191 Å². The number of rotatable bonds is 9. The van der Waals surface area contributed by atoms with E-state index in [1.165, 1.54) is 22.6 Å². The number of piperidine rings is 1. The Morgan fingerprint density at radius 1 is 1.22 bits per heavy atom. The number of carbonyl (C=O) groups excluding carboxylic acids is 2.